The molecule has 9 aromatic rings. The van der Waals surface area contributed by atoms with E-state index in [1.807, 2.05) is 0 Å². The van der Waals surface area contributed by atoms with E-state index >= 15 is 0 Å². The minimum atomic E-state index is -0.522. The molecule has 0 fully saturated rings. The zero-order valence-electron chi connectivity index (χ0n) is 33.5. The summed E-state index contributed by atoms with van der Waals surface area (Å²) in [5.41, 5.74) is 20.2. The van der Waals surface area contributed by atoms with Gasteiger partial charge < -0.3 is 5.32 Å². The highest BCUT2D eigenvalue weighted by molar-refractivity contribution is 6.04. The van der Waals surface area contributed by atoms with Crippen LogP contribution in [0.2, 0.25) is 0 Å². The molecule has 0 bridgehead atoms. The first-order chi connectivity index (χ1) is 29.0. The van der Waals surface area contributed by atoms with E-state index < -0.39 is 5.41 Å². The Hall–Kier alpha value is -6.96. The van der Waals surface area contributed by atoms with Crippen LogP contribution in [0.3, 0.4) is 0 Å². The van der Waals surface area contributed by atoms with Gasteiger partial charge in [-0.2, -0.15) is 0 Å². The van der Waals surface area contributed by atoms with Gasteiger partial charge in [0, 0.05) is 17.6 Å². The lowest BCUT2D eigenvalue weighted by Gasteiger charge is -2.35. The average Bonchev–Trinajstić information content (AvgIpc) is 3.73. The largest absolute Gasteiger partial charge is 0.385 e. The van der Waals surface area contributed by atoms with Gasteiger partial charge in [-0.15, -0.1) is 0 Å². The Morgan fingerprint density at radius 1 is 0.407 bits per heavy atom. The number of benzene rings is 9. The number of fused-ring (bicyclic) bond motifs is 8. The van der Waals surface area contributed by atoms with Gasteiger partial charge >= 0.3 is 0 Å². The third kappa shape index (κ3) is 5.53. The van der Waals surface area contributed by atoms with Crippen LogP contribution in [0.5, 0.6) is 0 Å². The lowest BCUT2D eigenvalue weighted by Crippen LogP contribution is -2.29. The summed E-state index contributed by atoms with van der Waals surface area (Å²) >= 11 is 0. The maximum atomic E-state index is 3.88. The van der Waals surface area contributed by atoms with Crippen LogP contribution in [0.15, 0.2) is 206 Å². The first-order valence-corrected chi connectivity index (χ1v) is 21.0. The smallest absolute Gasteiger partial charge is 0.0714 e. The second-order valence-corrected chi connectivity index (χ2v) is 16.8. The van der Waals surface area contributed by atoms with Crippen LogP contribution in [-0.2, 0) is 17.3 Å². The van der Waals surface area contributed by atoms with Crippen molar-refractivity contribution in [3.63, 3.8) is 0 Å². The molecule has 2 aliphatic carbocycles. The maximum absolute atomic E-state index is 3.88. The molecule has 0 amide bonds. The lowest BCUT2D eigenvalue weighted by molar-refractivity contribution is 0.655. The van der Waals surface area contributed by atoms with Gasteiger partial charge in [0.2, 0.25) is 0 Å². The summed E-state index contributed by atoms with van der Waals surface area (Å²) in [6.45, 7) is 5.60. The fraction of sp³-hybridized carbons (Fsp3) is 0.103. The van der Waals surface area contributed by atoms with Crippen molar-refractivity contribution < 1.29 is 0 Å². The summed E-state index contributed by atoms with van der Waals surface area (Å²) in [6, 6.07) is 76.8. The molecule has 0 saturated carbocycles. The van der Waals surface area contributed by atoms with Gasteiger partial charge in [-0.1, -0.05) is 208 Å². The predicted octanol–water partition coefficient (Wildman–Crippen LogP) is 14.5. The SMILES string of the molecule is CC1(C)c2ccccc2-c2ccc(C3(c4cccc(NCCc5ccc(-c6ccccc6)c(-c6ccccc6)c5)c4)c4ccccc4-c4c3ccc3ccccc43)cc21. The van der Waals surface area contributed by atoms with Gasteiger partial charge in [0.1, 0.15) is 0 Å². The molecule has 0 radical (unpaired) electrons. The quantitative estimate of drug-likeness (QED) is 0.163. The summed E-state index contributed by atoms with van der Waals surface area (Å²) in [5, 5.41) is 6.45. The number of hydrogen-bond acceptors (Lipinski definition) is 1. The minimum absolute atomic E-state index is 0.115. The Labute approximate surface area is 347 Å². The zero-order chi connectivity index (χ0) is 39.6. The molecule has 0 heterocycles. The van der Waals surface area contributed by atoms with Gasteiger partial charge in [0.15, 0.2) is 0 Å². The van der Waals surface area contributed by atoms with E-state index in [4.69, 9.17) is 0 Å². The van der Waals surface area contributed by atoms with Crippen LogP contribution in [-0.4, -0.2) is 6.54 Å². The summed E-state index contributed by atoms with van der Waals surface area (Å²) in [6.07, 6.45) is 0.905. The highest BCUT2D eigenvalue weighted by Gasteiger charge is 2.48. The van der Waals surface area contributed by atoms with E-state index in [2.05, 4.69) is 225 Å². The molecule has 2 aliphatic rings. The molecular weight excluding hydrogens is 711 g/mol. The van der Waals surface area contributed by atoms with Crippen LogP contribution in [0, 0.1) is 0 Å². The molecule has 1 heteroatoms. The molecule has 0 aliphatic heterocycles. The molecular formula is C58H45N. The lowest BCUT2D eigenvalue weighted by atomic mass is 9.66. The number of rotatable bonds is 8. The summed E-state index contributed by atoms with van der Waals surface area (Å²) in [7, 11) is 0. The van der Waals surface area contributed by atoms with Crippen LogP contribution < -0.4 is 5.32 Å². The molecule has 0 spiro atoms. The highest BCUT2D eigenvalue weighted by Crippen LogP contribution is 2.59. The van der Waals surface area contributed by atoms with Gasteiger partial charge in [-0.25, -0.2) is 0 Å². The van der Waals surface area contributed by atoms with Crippen molar-refractivity contribution in [2.24, 2.45) is 0 Å². The van der Waals surface area contributed by atoms with Crippen molar-refractivity contribution in [1.29, 1.82) is 0 Å². The minimum Gasteiger partial charge on any atom is -0.385 e. The Morgan fingerprint density at radius 3 is 1.86 bits per heavy atom. The molecule has 0 saturated heterocycles. The molecule has 0 aromatic heterocycles. The molecule has 1 N–H and O–H groups in total. The second-order valence-electron chi connectivity index (χ2n) is 16.8. The molecule has 11 rings (SSSR count). The second kappa shape index (κ2) is 13.9. The Balaban J connectivity index is 1.02. The van der Waals surface area contributed by atoms with Crippen molar-refractivity contribution in [1.82, 2.24) is 0 Å². The van der Waals surface area contributed by atoms with E-state index in [1.54, 1.807) is 0 Å². The van der Waals surface area contributed by atoms with Crippen molar-refractivity contribution >= 4 is 16.5 Å². The molecule has 282 valence electrons. The van der Waals surface area contributed by atoms with Gasteiger partial charge in [-0.05, 0) is 113 Å². The molecule has 59 heavy (non-hydrogen) atoms. The van der Waals surface area contributed by atoms with E-state index in [9.17, 15) is 0 Å². The molecule has 9 aromatic carbocycles. The van der Waals surface area contributed by atoms with Crippen LogP contribution in [0.4, 0.5) is 5.69 Å². The Morgan fingerprint density at radius 2 is 1.05 bits per heavy atom. The third-order valence-electron chi connectivity index (χ3n) is 13.2. The summed E-state index contributed by atoms with van der Waals surface area (Å²) in [5.74, 6) is 0. The van der Waals surface area contributed by atoms with Crippen molar-refractivity contribution in [2.45, 2.75) is 31.1 Å². The van der Waals surface area contributed by atoms with Crippen molar-refractivity contribution in [3.05, 3.63) is 245 Å². The molecule has 1 nitrogen and oxygen atoms in total. The van der Waals surface area contributed by atoms with Gasteiger partial charge in [0.05, 0.1) is 5.41 Å². The number of anilines is 1. The maximum Gasteiger partial charge on any atom is 0.0714 e. The van der Waals surface area contributed by atoms with E-state index in [-0.39, 0.29) is 5.41 Å². The molecule has 1 atom stereocenters. The fourth-order valence-electron chi connectivity index (χ4n) is 10.5. The summed E-state index contributed by atoms with van der Waals surface area (Å²) in [4.78, 5) is 0. The first-order valence-electron chi connectivity index (χ1n) is 21.0. The molecule has 1 unspecified atom stereocenters. The fourth-order valence-corrected chi connectivity index (χ4v) is 10.5. The predicted molar refractivity (Wildman–Crippen MR) is 248 cm³/mol. The van der Waals surface area contributed by atoms with Crippen molar-refractivity contribution in [2.75, 3.05) is 11.9 Å². The highest BCUT2D eigenvalue weighted by atomic mass is 14.9. The van der Waals surface area contributed by atoms with Crippen molar-refractivity contribution in [3.8, 4) is 44.5 Å². The third-order valence-corrected chi connectivity index (χ3v) is 13.2. The Bertz CT molecular complexity index is 3050. The van der Waals surface area contributed by atoms with E-state index in [1.165, 1.54) is 94.2 Å². The first kappa shape index (κ1) is 35.2. The standard InChI is InChI=1S/C58H45N/c1-57(2)52-26-13-11-24-48(52)49-32-30-44(38-55(49)57)58(53-27-14-12-25-50(53)56-47-23-10-9-20-42(47)29-33-54(56)58)43-21-15-22-45(37-43)59-35-34-39-28-31-46(40-16-5-3-6-17-40)51(36-39)41-18-7-4-8-19-41/h3-33,36-38,59H,34-35H2,1-2H3. The van der Waals surface area contributed by atoms with Gasteiger partial charge in [0.25, 0.3) is 0 Å². The van der Waals surface area contributed by atoms with Gasteiger partial charge in [-0.3, -0.25) is 0 Å². The Kier molecular flexibility index (Phi) is 8.27. The summed E-state index contributed by atoms with van der Waals surface area (Å²) < 4.78 is 0. The van der Waals surface area contributed by atoms with E-state index in [0.717, 1.165) is 18.7 Å². The monoisotopic (exact) mass is 755 g/mol. The average molecular weight is 756 g/mol. The van der Waals surface area contributed by atoms with Crippen LogP contribution in [0.1, 0.15) is 52.8 Å². The van der Waals surface area contributed by atoms with Crippen LogP contribution >= 0.6 is 0 Å². The van der Waals surface area contributed by atoms with Crippen LogP contribution in [0.25, 0.3) is 55.3 Å². The number of nitrogens with one attached hydrogen (secondary N) is 1. The zero-order valence-corrected chi connectivity index (χ0v) is 33.5. The van der Waals surface area contributed by atoms with E-state index in [0.29, 0.717) is 0 Å². The normalized spacial score (nSPS) is 15.6. The topological polar surface area (TPSA) is 12.0 Å². The number of hydrogen-bond donors (Lipinski definition) is 1.